The van der Waals surface area contributed by atoms with E-state index in [4.69, 9.17) is 0 Å². The summed E-state index contributed by atoms with van der Waals surface area (Å²) in [4.78, 5) is 3.94. The molecule has 0 aromatic carbocycles. The number of nitrogens with one attached hydrogen (secondary N) is 2. The molecule has 0 spiro atoms. The first-order valence-electron chi connectivity index (χ1n) is 6.75. The van der Waals surface area contributed by atoms with E-state index >= 15 is 0 Å². The number of rotatable bonds is 8. The van der Waals surface area contributed by atoms with Crippen LogP contribution in [0, 0.1) is 0 Å². The molecule has 0 aromatic rings. The van der Waals surface area contributed by atoms with Crippen molar-refractivity contribution in [3.8, 4) is 0 Å². The molecule has 0 heterocycles. The summed E-state index contributed by atoms with van der Waals surface area (Å²) in [6, 6.07) is -0.0962. The normalized spacial score (nSPS) is 14.2. The Morgan fingerprint density at radius 2 is 1.86 bits per heavy atom. The largest absolute Gasteiger partial charge is 0.389 e. The van der Waals surface area contributed by atoms with Gasteiger partial charge in [0.1, 0.15) is 9.84 Å². The SMILES string of the molecule is CN=C(NCCCCC(F)(F)F)NC(C)CCS(C)(=O)=O.I. The molecule has 0 fully saturated rings. The van der Waals surface area contributed by atoms with E-state index in [0.717, 1.165) is 0 Å². The van der Waals surface area contributed by atoms with Crippen molar-refractivity contribution < 1.29 is 21.6 Å². The Morgan fingerprint density at radius 1 is 1.27 bits per heavy atom. The number of unbranched alkanes of at least 4 members (excludes halogenated alkanes) is 1. The lowest BCUT2D eigenvalue weighted by Crippen LogP contribution is -2.43. The van der Waals surface area contributed by atoms with Crippen LogP contribution in [0.5, 0.6) is 0 Å². The van der Waals surface area contributed by atoms with Crippen molar-refractivity contribution in [3.63, 3.8) is 0 Å². The van der Waals surface area contributed by atoms with E-state index in [1.807, 2.05) is 6.92 Å². The van der Waals surface area contributed by atoms with E-state index in [1.54, 1.807) is 7.05 Å². The van der Waals surface area contributed by atoms with Crippen LogP contribution in [0.2, 0.25) is 0 Å². The van der Waals surface area contributed by atoms with E-state index in [9.17, 15) is 21.6 Å². The highest BCUT2D eigenvalue weighted by Gasteiger charge is 2.25. The lowest BCUT2D eigenvalue weighted by atomic mass is 10.2. The summed E-state index contributed by atoms with van der Waals surface area (Å²) in [5.41, 5.74) is 0. The highest BCUT2D eigenvalue weighted by Crippen LogP contribution is 2.21. The first-order valence-corrected chi connectivity index (χ1v) is 8.81. The maximum Gasteiger partial charge on any atom is 0.389 e. The van der Waals surface area contributed by atoms with Crippen LogP contribution in [0.15, 0.2) is 4.99 Å². The van der Waals surface area contributed by atoms with Crippen molar-refractivity contribution >= 4 is 39.8 Å². The molecule has 0 aliphatic carbocycles. The maximum absolute atomic E-state index is 12.0. The van der Waals surface area contributed by atoms with Gasteiger partial charge in [-0.15, -0.1) is 24.0 Å². The number of alkyl halides is 3. The Balaban J connectivity index is 0. The van der Waals surface area contributed by atoms with E-state index in [-0.39, 0.29) is 42.2 Å². The van der Waals surface area contributed by atoms with Crippen molar-refractivity contribution in [3.05, 3.63) is 0 Å². The fraction of sp³-hybridized carbons (Fsp3) is 0.917. The highest BCUT2D eigenvalue weighted by atomic mass is 127. The number of nitrogens with zero attached hydrogens (tertiary/aromatic N) is 1. The molecule has 0 aliphatic heterocycles. The van der Waals surface area contributed by atoms with E-state index in [0.29, 0.717) is 25.3 Å². The molecule has 10 heteroatoms. The number of hydrogen-bond acceptors (Lipinski definition) is 3. The average molecular weight is 459 g/mol. The summed E-state index contributed by atoms with van der Waals surface area (Å²) in [6.45, 7) is 2.20. The summed E-state index contributed by atoms with van der Waals surface area (Å²) in [5, 5.41) is 5.90. The first kappa shape index (κ1) is 24.0. The van der Waals surface area contributed by atoms with Gasteiger partial charge in [0, 0.05) is 32.3 Å². The van der Waals surface area contributed by atoms with Gasteiger partial charge in [0.2, 0.25) is 0 Å². The Bertz CT molecular complexity index is 428. The van der Waals surface area contributed by atoms with E-state index in [1.165, 1.54) is 6.26 Å². The van der Waals surface area contributed by atoms with Crippen LogP contribution in [0.25, 0.3) is 0 Å². The molecule has 5 nitrogen and oxygen atoms in total. The fourth-order valence-corrected chi connectivity index (χ4v) is 2.33. The third-order valence-corrected chi connectivity index (χ3v) is 3.69. The Morgan fingerprint density at radius 3 is 2.32 bits per heavy atom. The topological polar surface area (TPSA) is 70.6 Å². The van der Waals surface area contributed by atoms with Gasteiger partial charge in [-0.2, -0.15) is 13.2 Å². The van der Waals surface area contributed by atoms with Gasteiger partial charge >= 0.3 is 6.18 Å². The molecule has 0 saturated heterocycles. The van der Waals surface area contributed by atoms with Gasteiger partial charge in [0.15, 0.2) is 5.96 Å². The second kappa shape index (κ2) is 11.3. The van der Waals surface area contributed by atoms with E-state index in [2.05, 4.69) is 15.6 Å². The standard InChI is InChI=1S/C12H24F3N3O2S.HI/c1-10(6-9-21(3,19)20)18-11(16-2)17-8-5-4-7-12(13,14)15;/h10H,4-9H2,1-3H3,(H2,16,17,18);1H. The van der Waals surface area contributed by atoms with Crippen molar-refractivity contribution in [2.45, 2.75) is 44.8 Å². The second-order valence-corrected chi connectivity index (χ2v) is 7.29. The molecule has 0 aliphatic rings. The van der Waals surface area contributed by atoms with E-state index < -0.39 is 22.4 Å². The minimum atomic E-state index is -4.11. The summed E-state index contributed by atoms with van der Waals surface area (Å²) in [6.07, 6.45) is -2.83. The first-order chi connectivity index (χ1) is 9.53. The molecule has 0 bridgehead atoms. The lowest BCUT2D eigenvalue weighted by Gasteiger charge is -2.17. The fourth-order valence-electron chi connectivity index (χ4n) is 1.55. The Labute approximate surface area is 147 Å². The van der Waals surface area contributed by atoms with Crippen LogP contribution >= 0.6 is 24.0 Å². The molecule has 2 N–H and O–H groups in total. The van der Waals surface area contributed by atoms with Crippen LogP contribution in [0.4, 0.5) is 13.2 Å². The van der Waals surface area contributed by atoms with Gasteiger partial charge < -0.3 is 10.6 Å². The molecule has 0 aromatic heterocycles. The van der Waals surface area contributed by atoms with Crippen LogP contribution in [0.3, 0.4) is 0 Å². The zero-order chi connectivity index (χ0) is 16.5. The molecule has 1 unspecified atom stereocenters. The molecule has 1 atom stereocenters. The minimum absolute atomic E-state index is 0. The zero-order valence-electron chi connectivity index (χ0n) is 13.0. The third-order valence-electron chi connectivity index (χ3n) is 2.71. The van der Waals surface area contributed by atoms with Gasteiger partial charge in [-0.1, -0.05) is 0 Å². The number of hydrogen-bond donors (Lipinski definition) is 2. The van der Waals surface area contributed by atoms with Crippen LogP contribution < -0.4 is 10.6 Å². The van der Waals surface area contributed by atoms with Crippen LogP contribution in [0.1, 0.15) is 32.6 Å². The summed E-state index contributed by atoms with van der Waals surface area (Å²) < 4.78 is 58.0. The molecular formula is C12H25F3IN3O2S. The quantitative estimate of drug-likeness (QED) is 0.253. The monoisotopic (exact) mass is 459 g/mol. The average Bonchev–Trinajstić information content (AvgIpc) is 2.32. The van der Waals surface area contributed by atoms with Gasteiger partial charge in [0.05, 0.1) is 5.75 Å². The third kappa shape index (κ3) is 16.1. The number of halogens is 4. The Hall–Kier alpha value is -0.260. The Kier molecular flexibility index (Phi) is 12.3. The molecule has 134 valence electrons. The van der Waals surface area contributed by atoms with Gasteiger partial charge in [-0.3, -0.25) is 4.99 Å². The predicted molar refractivity (Wildman–Crippen MR) is 93.6 cm³/mol. The molecule has 0 radical (unpaired) electrons. The second-order valence-electron chi connectivity index (χ2n) is 5.04. The maximum atomic E-state index is 12.0. The predicted octanol–water partition coefficient (Wildman–Crippen LogP) is 2.33. The molecular weight excluding hydrogens is 434 g/mol. The lowest BCUT2D eigenvalue weighted by molar-refractivity contribution is -0.135. The molecule has 0 rings (SSSR count). The highest BCUT2D eigenvalue weighted by molar-refractivity contribution is 14.0. The number of sulfone groups is 1. The van der Waals surface area contributed by atoms with Crippen molar-refractivity contribution in [1.29, 1.82) is 0 Å². The van der Waals surface area contributed by atoms with Gasteiger partial charge in [0.25, 0.3) is 0 Å². The molecule has 22 heavy (non-hydrogen) atoms. The minimum Gasteiger partial charge on any atom is -0.356 e. The van der Waals surface area contributed by atoms with Gasteiger partial charge in [-0.25, -0.2) is 8.42 Å². The molecule has 0 amide bonds. The summed E-state index contributed by atoms with van der Waals surface area (Å²) in [7, 11) is -1.46. The van der Waals surface area contributed by atoms with Crippen molar-refractivity contribution in [2.75, 3.05) is 25.6 Å². The zero-order valence-corrected chi connectivity index (χ0v) is 16.2. The van der Waals surface area contributed by atoms with Crippen molar-refractivity contribution in [1.82, 2.24) is 10.6 Å². The van der Waals surface area contributed by atoms with Gasteiger partial charge in [-0.05, 0) is 26.2 Å². The summed E-state index contributed by atoms with van der Waals surface area (Å²) >= 11 is 0. The summed E-state index contributed by atoms with van der Waals surface area (Å²) in [5.74, 6) is 0.534. The molecule has 0 saturated carbocycles. The number of guanidine groups is 1. The number of aliphatic imine (C=N–C) groups is 1. The smallest absolute Gasteiger partial charge is 0.356 e. The van der Waals surface area contributed by atoms with Crippen molar-refractivity contribution in [2.24, 2.45) is 4.99 Å². The van der Waals surface area contributed by atoms with Crippen LogP contribution in [-0.2, 0) is 9.84 Å². The van der Waals surface area contributed by atoms with Crippen LogP contribution in [-0.4, -0.2) is 52.2 Å².